The number of hydrogen-bond acceptors (Lipinski definition) is 4. The maximum atomic E-state index is 12.0. The summed E-state index contributed by atoms with van der Waals surface area (Å²) in [6, 6.07) is 14.7. The zero-order valence-electron chi connectivity index (χ0n) is 20.6. The van der Waals surface area contributed by atoms with Crippen LogP contribution < -0.4 is 4.74 Å². The first-order valence-electron chi connectivity index (χ1n) is 12.9. The van der Waals surface area contributed by atoms with E-state index >= 15 is 0 Å². The number of rotatable bonds is 5. The van der Waals surface area contributed by atoms with E-state index in [-0.39, 0.29) is 11.5 Å². The van der Waals surface area contributed by atoms with Gasteiger partial charge in [0.1, 0.15) is 17.2 Å². The van der Waals surface area contributed by atoms with Crippen LogP contribution in [0, 0.1) is 26.2 Å². The predicted octanol–water partition coefficient (Wildman–Crippen LogP) is 7.13. The molecule has 0 aliphatic heterocycles. The molecule has 3 aromatic rings. The number of aliphatic hydroxyl groups is 1. The zero-order valence-corrected chi connectivity index (χ0v) is 20.6. The van der Waals surface area contributed by atoms with Crippen molar-refractivity contribution in [3.63, 3.8) is 0 Å². The third-order valence-corrected chi connectivity index (χ3v) is 8.50. The molecule has 0 radical (unpaired) electrons. The van der Waals surface area contributed by atoms with Gasteiger partial charge in [-0.1, -0.05) is 41.1 Å². The normalized spacial score (nSPS) is 28.6. The van der Waals surface area contributed by atoms with Crippen molar-refractivity contribution in [1.82, 2.24) is 5.16 Å². The van der Waals surface area contributed by atoms with E-state index in [4.69, 9.17) is 9.26 Å². The lowest BCUT2D eigenvalue weighted by molar-refractivity contribution is -0.156. The van der Waals surface area contributed by atoms with Crippen LogP contribution in [0.4, 0.5) is 0 Å². The molecule has 1 aromatic heterocycles. The Bertz CT molecular complexity index is 1170. The molecule has 34 heavy (non-hydrogen) atoms. The number of nitrogens with zero attached hydrogens (tertiary/aromatic N) is 1. The quantitative estimate of drug-likeness (QED) is 0.443. The van der Waals surface area contributed by atoms with Gasteiger partial charge in [0, 0.05) is 11.5 Å². The van der Waals surface area contributed by atoms with Gasteiger partial charge in [0.05, 0.1) is 17.3 Å². The van der Waals surface area contributed by atoms with Crippen LogP contribution in [-0.2, 0) is 5.60 Å². The molecule has 3 aliphatic rings. The van der Waals surface area contributed by atoms with Crippen LogP contribution >= 0.6 is 0 Å². The van der Waals surface area contributed by atoms with Crippen LogP contribution in [0.1, 0.15) is 85.3 Å². The molecule has 6 rings (SSSR count). The van der Waals surface area contributed by atoms with Crippen molar-refractivity contribution in [2.75, 3.05) is 0 Å². The molecule has 1 N–H and O–H groups in total. The molecular formula is C30H35NO3. The Morgan fingerprint density at radius 3 is 2.18 bits per heavy atom. The molecule has 4 nitrogen and oxygen atoms in total. The molecule has 0 saturated heterocycles. The van der Waals surface area contributed by atoms with E-state index in [1.54, 1.807) is 0 Å². The van der Waals surface area contributed by atoms with Crippen LogP contribution in [0.15, 0.2) is 47.0 Å². The Kier molecular flexibility index (Phi) is 5.14. The minimum absolute atomic E-state index is 0.206. The van der Waals surface area contributed by atoms with Crippen molar-refractivity contribution in [1.29, 1.82) is 0 Å². The number of aromatic nitrogens is 1. The first-order chi connectivity index (χ1) is 16.4. The molecule has 3 fully saturated rings. The Morgan fingerprint density at radius 2 is 1.56 bits per heavy atom. The first-order valence-corrected chi connectivity index (χ1v) is 12.9. The summed E-state index contributed by atoms with van der Waals surface area (Å²) in [6.45, 7) is 6.35. The van der Waals surface area contributed by atoms with Crippen molar-refractivity contribution in [2.24, 2.45) is 5.41 Å². The summed E-state index contributed by atoms with van der Waals surface area (Å²) >= 11 is 0. The summed E-state index contributed by atoms with van der Waals surface area (Å²) in [4.78, 5) is 0. The first kappa shape index (κ1) is 21.9. The molecule has 3 saturated carbocycles. The van der Waals surface area contributed by atoms with E-state index in [2.05, 4.69) is 68.4 Å². The van der Waals surface area contributed by atoms with Gasteiger partial charge in [-0.25, -0.2) is 0 Å². The van der Waals surface area contributed by atoms with Gasteiger partial charge in [-0.3, -0.25) is 0 Å². The average molecular weight is 458 g/mol. The van der Waals surface area contributed by atoms with Gasteiger partial charge in [-0.15, -0.1) is 0 Å². The maximum absolute atomic E-state index is 12.0. The molecule has 2 aromatic carbocycles. The smallest absolute Gasteiger partial charge is 0.146 e. The molecule has 0 unspecified atom stereocenters. The SMILES string of the molecule is Cc1ccc(OC2CCC3(CC2)CC(O)(c2c(-c4c(C)cccc4C)noc2C2CC2)C3)cc1. The van der Waals surface area contributed by atoms with Gasteiger partial charge in [0.2, 0.25) is 0 Å². The minimum atomic E-state index is -0.841. The Morgan fingerprint density at radius 1 is 0.912 bits per heavy atom. The summed E-state index contributed by atoms with van der Waals surface area (Å²) in [5, 5.41) is 16.5. The molecule has 0 atom stereocenters. The standard InChI is InChI=1S/C30H35NO3/c1-19-7-11-23(12-8-19)33-24-13-15-29(16-14-24)17-30(32,18-29)26-27(31-34-28(26)22-9-10-22)25-20(2)5-4-6-21(25)3/h4-8,11-12,22,24,32H,9-10,13-18H2,1-3H3. The highest BCUT2D eigenvalue weighted by molar-refractivity contribution is 5.72. The van der Waals surface area contributed by atoms with Crippen LogP contribution in [0.5, 0.6) is 5.75 Å². The lowest BCUT2D eigenvalue weighted by atomic mass is 9.51. The van der Waals surface area contributed by atoms with Crippen LogP contribution in [-0.4, -0.2) is 16.4 Å². The highest BCUT2D eigenvalue weighted by Gasteiger charge is 2.58. The van der Waals surface area contributed by atoms with Crippen LogP contribution in [0.3, 0.4) is 0 Å². The van der Waals surface area contributed by atoms with Crippen molar-refractivity contribution in [2.45, 2.75) is 89.8 Å². The number of hydrogen-bond donors (Lipinski definition) is 1. The third kappa shape index (κ3) is 3.76. The third-order valence-electron chi connectivity index (χ3n) is 8.50. The van der Waals surface area contributed by atoms with Gasteiger partial charge in [-0.2, -0.15) is 0 Å². The topological polar surface area (TPSA) is 55.5 Å². The van der Waals surface area contributed by atoms with Gasteiger partial charge < -0.3 is 14.4 Å². The number of benzene rings is 2. The van der Waals surface area contributed by atoms with E-state index in [0.717, 1.165) is 79.7 Å². The van der Waals surface area contributed by atoms with E-state index in [9.17, 15) is 5.11 Å². The minimum Gasteiger partial charge on any atom is -0.490 e. The van der Waals surface area contributed by atoms with Crippen molar-refractivity contribution < 1.29 is 14.4 Å². The largest absolute Gasteiger partial charge is 0.490 e. The second-order valence-corrected chi connectivity index (χ2v) is 11.3. The monoisotopic (exact) mass is 457 g/mol. The number of aryl methyl sites for hydroxylation is 3. The van der Waals surface area contributed by atoms with Crippen molar-refractivity contribution >= 4 is 0 Å². The molecule has 0 bridgehead atoms. The Balaban J connectivity index is 1.21. The van der Waals surface area contributed by atoms with E-state index < -0.39 is 5.60 Å². The highest BCUT2D eigenvalue weighted by atomic mass is 16.5. The second kappa shape index (κ2) is 7.98. The molecule has 0 amide bonds. The van der Waals surface area contributed by atoms with Crippen molar-refractivity contribution in [3.8, 4) is 17.0 Å². The van der Waals surface area contributed by atoms with E-state index in [1.807, 2.05) is 0 Å². The van der Waals surface area contributed by atoms with E-state index in [0.29, 0.717) is 5.92 Å². The highest BCUT2D eigenvalue weighted by Crippen LogP contribution is 2.63. The molecule has 4 heteroatoms. The second-order valence-electron chi connectivity index (χ2n) is 11.3. The predicted molar refractivity (Wildman–Crippen MR) is 133 cm³/mol. The Labute approximate surface area is 202 Å². The van der Waals surface area contributed by atoms with E-state index in [1.165, 1.54) is 16.7 Å². The van der Waals surface area contributed by atoms with Crippen molar-refractivity contribution in [3.05, 3.63) is 70.5 Å². The lowest BCUT2D eigenvalue weighted by Crippen LogP contribution is -2.52. The lowest BCUT2D eigenvalue weighted by Gasteiger charge is -2.56. The summed E-state index contributed by atoms with van der Waals surface area (Å²) in [6.07, 6.45) is 8.45. The van der Waals surface area contributed by atoms with Gasteiger partial charge >= 0.3 is 0 Å². The molecule has 1 heterocycles. The van der Waals surface area contributed by atoms with Gasteiger partial charge in [-0.05, 0) is 101 Å². The summed E-state index contributed by atoms with van der Waals surface area (Å²) in [7, 11) is 0. The summed E-state index contributed by atoms with van der Waals surface area (Å²) in [5.41, 5.74) is 5.96. The van der Waals surface area contributed by atoms with Gasteiger partial charge in [0.15, 0.2) is 0 Å². The van der Waals surface area contributed by atoms with Crippen LogP contribution in [0.25, 0.3) is 11.3 Å². The molecule has 178 valence electrons. The summed E-state index contributed by atoms with van der Waals surface area (Å²) < 4.78 is 12.2. The number of ether oxygens (including phenoxy) is 1. The van der Waals surface area contributed by atoms with Crippen LogP contribution in [0.2, 0.25) is 0 Å². The van der Waals surface area contributed by atoms with Gasteiger partial charge in [0.25, 0.3) is 0 Å². The molecular weight excluding hydrogens is 422 g/mol. The fraction of sp³-hybridized carbons (Fsp3) is 0.500. The maximum Gasteiger partial charge on any atom is 0.146 e. The molecule has 3 aliphatic carbocycles. The average Bonchev–Trinajstić information content (AvgIpc) is 3.55. The fourth-order valence-corrected chi connectivity index (χ4v) is 6.59. The summed E-state index contributed by atoms with van der Waals surface area (Å²) in [5.74, 6) is 2.32. The Hall–Kier alpha value is -2.59. The fourth-order valence-electron chi connectivity index (χ4n) is 6.59. The molecule has 1 spiro atoms. The zero-order chi connectivity index (χ0) is 23.5.